The molecule has 0 aromatic heterocycles. The van der Waals surface area contributed by atoms with Crippen LogP contribution in [0.3, 0.4) is 0 Å². The van der Waals surface area contributed by atoms with Gasteiger partial charge in [-0.1, -0.05) is 81.2 Å². The van der Waals surface area contributed by atoms with E-state index < -0.39 is 95.1 Å². The summed E-state index contributed by atoms with van der Waals surface area (Å²) in [5.74, 6) is -6.49. The number of carbonyl (C=O) groups is 3. The molecule has 0 bridgehead atoms. The van der Waals surface area contributed by atoms with Crippen molar-refractivity contribution in [2.45, 2.75) is 225 Å². The van der Waals surface area contributed by atoms with Crippen molar-refractivity contribution in [2.75, 3.05) is 6.61 Å². The molecule has 0 radical (unpaired) electrons. The average Bonchev–Trinajstić information content (AvgIpc) is 3.57. The summed E-state index contributed by atoms with van der Waals surface area (Å²) in [6.07, 6.45) is 8.34. The molecule has 3 N–H and O–H groups in total. The molecule has 0 unspecified atom stereocenters. The first-order valence-electron chi connectivity index (χ1n) is 23.9. The van der Waals surface area contributed by atoms with Gasteiger partial charge in [-0.3, -0.25) is 4.79 Å². The van der Waals surface area contributed by atoms with E-state index in [1.165, 1.54) is 0 Å². The van der Waals surface area contributed by atoms with Crippen LogP contribution >= 0.6 is 0 Å². The van der Waals surface area contributed by atoms with Gasteiger partial charge in [0.2, 0.25) is 0 Å². The van der Waals surface area contributed by atoms with Crippen LogP contribution in [0.5, 0.6) is 0 Å². The Morgan fingerprint density at radius 2 is 1.60 bits per heavy atom. The Morgan fingerprint density at radius 3 is 2.21 bits per heavy atom. The van der Waals surface area contributed by atoms with E-state index in [9.17, 15) is 29.7 Å². The molecule has 14 heteroatoms. The minimum Gasteiger partial charge on any atom is -0.550 e. The molecule has 5 heterocycles. The van der Waals surface area contributed by atoms with Gasteiger partial charge in [-0.05, 0) is 96.0 Å². The number of unbranched alkanes of at least 4 members (excludes halogenated alkanes) is 2. The summed E-state index contributed by atoms with van der Waals surface area (Å²) in [5, 5.41) is 38.0. The minimum atomic E-state index is -1.36. The zero-order valence-corrected chi connectivity index (χ0v) is 42.1. The molecule has 2 spiro atoms. The van der Waals surface area contributed by atoms with Crippen LogP contribution in [0.4, 0.5) is 4.79 Å². The molecule has 5 aliphatic rings. The number of carboxylic acid groups (broad SMARTS) is 1. The molecule has 4 saturated heterocycles. The van der Waals surface area contributed by atoms with E-state index >= 15 is 0 Å². The summed E-state index contributed by atoms with van der Waals surface area (Å²) >= 11 is 0. The maximum atomic E-state index is 14.7. The van der Waals surface area contributed by atoms with E-state index in [1.54, 1.807) is 6.92 Å². The summed E-state index contributed by atoms with van der Waals surface area (Å²) in [4.78, 5) is 39.8. The standard InChI is InChI=1S/C48H81NO12.Na/c1-12-16-17-26-56-44(54)49-37-20-23-47(61-48(37)25-24-45(11,60-48)38-21-22-46(55,15-4)33(10)57-38)30(7)27-29(6)42(59-47)35(14-3)40(51)31(8)39(50)32(9)41-28(5)18-19-36(58-41)34(13-2)43(52)53;/h20,23,28-39,41-42,50,55H,12-19,21-22,24-27H2,1-11H3,(H,49,54)(H,52,53);/q;+1/p-1/t28-,29-,30+,31-,32-,33-,34+,35-,36+,37-,38+,39+,41+,42-,45-,46+,47-,48-;/m0./s1. The van der Waals surface area contributed by atoms with E-state index in [1.807, 2.05) is 53.7 Å². The van der Waals surface area contributed by atoms with Crippen LogP contribution in [0.15, 0.2) is 12.2 Å². The molecule has 0 aliphatic carbocycles. The van der Waals surface area contributed by atoms with Gasteiger partial charge >= 0.3 is 35.7 Å². The molecule has 0 saturated carbocycles. The van der Waals surface area contributed by atoms with Crippen LogP contribution in [0.2, 0.25) is 0 Å². The number of amides is 1. The Hall–Kier alpha value is -1.13. The zero-order chi connectivity index (χ0) is 45.1. The smallest absolute Gasteiger partial charge is 0.550 e. The Kier molecular flexibility index (Phi) is 19.1. The number of carbonyl (C=O) groups excluding carboxylic acids is 3. The predicted molar refractivity (Wildman–Crippen MR) is 228 cm³/mol. The third-order valence-electron chi connectivity index (χ3n) is 15.7. The number of nitrogens with one attached hydrogen (secondary N) is 1. The maximum Gasteiger partial charge on any atom is 1.00 e. The second-order valence-electron chi connectivity index (χ2n) is 19.9. The molecule has 4 fully saturated rings. The SMILES string of the molecule is CCCCCOC(=O)N[C@H]1C=C[C@]2(O[C@H]([C@@H](CC)C(=O)[C@@H](C)[C@@H](O)[C@H](C)[C@@H]3O[C@@H]([C@@H](CC)C(=O)[O-])CC[C@@H]3C)[C@@H](C)C[C@H]2C)O[C@@]12CC[C@@](C)([C@H]1CC[C@](O)(CC)[C@H](C)O1)O2.[Na+]. The summed E-state index contributed by atoms with van der Waals surface area (Å²) in [5.41, 5.74) is -1.72. The molecule has 13 nitrogen and oxygen atoms in total. The summed E-state index contributed by atoms with van der Waals surface area (Å²) in [6, 6.07) is -0.718. The van der Waals surface area contributed by atoms with Crippen molar-refractivity contribution in [1.82, 2.24) is 5.32 Å². The predicted octanol–water partition coefficient (Wildman–Crippen LogP) is 3.78. The van der Waals surface area contributed by atoms with Gasteiger partial charge in [-0.2, -0.15) is 0 Å². The molecule has 18 atom stereocenters. The fourth-order valence-corrected chi connectivity index (χ4v) is 11.3. The normalized spacial score (nSPS) is 40.8. The number of aliphatic hydroxyl groups is 2. The van der Waals surface area contributed by atoms with Crippen molar-refractivity contribution in [3.63, 3.8) is 0 Å². The largest absolute Gasteiger partial charge is 1.00 e. The molecular formula is C48H80NNaO12. The van der Waals surface area contributed by atoms with Crippen LogP contribution in [-0.2, 0) is 38.0 Å². The Morgan fingerprint density at radius 1 is 0.903 bits per heavy atom. The van der Waals surface area contributed by atoms with E-state index in [0.29, 0.717) is 64.4 Å². The van der Waals surface area contributed by atoms with Crippen molar-refractivity contribution in [3.8, 4) is 0 Å². The van der Waals surface area contributed by atoms with Crippen molar-refractivity contribution in [2.24, 2.45) is 41.4 Å². The van der Waals surface area contributed by atoms with E-state index in [-0.39, 0.29) is 59.2 Å². The number of alkyl carbamates (subject to hydrolysis) is 1. The summed E-state index contributed by atoms with van der Waals surface area (Å²) in [7, 11) is 0. The first kappa shape index (κ1) is 53.5. The summed E-state index contributed by atoms with van der Waals surface area (Å²) < 4.78 is 40.0. The maximum absolute atomic E-state index is 14.7. The first-order chi connectivity index (χ1) is 28.7. The van der Waals surface area contributed by atoms with Gasteiger partial charge in [0.1, 0.15) is 11.8 Å². The fourth-order valence-electron chi connectivity index (χ4n) is 11.3. The molecule has 5 rings (SSSR count). The number of aliphatic carboxylic acids is 1. The molecule has 350 valence electrons. The van der Waals surface area contributed by atoms with Crippen LogP contribution < -0.4 is 40.0 Å². The molecule has 62 heavy (non-hydrogen) atoms. The molecule has 0 aromatic rings. The van der Waals surface area contributed by atoms with Gasteiger partial charge in [0, 0.05) is 42.0 Å². The Labute approximate surface area is 394 Å². The third kappa shape index (κ3) is 11.2. The quantitative estimate of drug-likeness (QED) is 0.110. The summed E-state index contributed by atoms with van der Waals surface area (Å²) in [6.45, 7) is 21.9. The number of carboxylic acids is 1. The molecule has 1 amide bonds. The first-order valence-corrected chi connectivity index (χ1v) is 23.9. The van der Waals surface area contributed by atoms with Crippen LogP contribution in [0, 0.1) is 41.4 Å². The van der Waals surface area contributed by atoms with E-state index in [2.05, 4.69) is 33.0 Å². The van der Waals surface area contributed by atoms with E-state index in [4.69, 9.17) is 28.4 Å². The fraction of sp³-hybridized carbons (Fsp3) is 0.896. The van der Waals surface area contributed by atoms with Crippen LogP contribution in [0.1, 0.15) is 160 Å². The van der Waals surface area contributed by atoms with Crippen LogP contribution in [0.25, 0.3) is 0 Å². The van der Waals surface area contributed by atoms with Crippen LogP contribution in [-0.4, -0.2) is 100 Å². The van der Waals surface area contributed by atoms with Gasteiger partial charge in [0.25, 0.3) is 0 Å². The number of Topliss-reactive ketones (excluding diaryl/α,β-unsaturated/α-hetero) is 1. The topological polar surface area (TPSA) is 182 Å². The third-order valence-corrected chi connectivity index (χ3v) is 15.7. The van der Waals surface area contributed by atoms with Crippen molar-refractivity contribution < 1.29 is 87.7 Å². The number of rotatable bonds is 17. The van der Waals surface area contributed by atoms with Gasteiger partial charge in [0.05, 0.1) is 54.4 Å². The number of ketones is 1. The number of hydrogen-bond donors (Lipinski definition) is 3. The van der Waals surface area contributed by atoms with Crippen molar-refractivity contribution in [3.05, 3.63) is 12.2 Å². The molecule has 5 aliphatic heterocycles. The number of ether oxygens (including phenoxy) is 6. The monoisotopic (exact) mass is 886 g/mol. The average molecular weight is 886 g/mol. The van der Waals surface area contributed by atoms with Crippen molar-refractivity contribution in [1.29, 1.82) is 0 Å². The molecule has 0 aromatic carbocycles. The van der Waals surface area contributed by atoms with Gasteiger partial charge in [-0.15, -0.1) is 0 Å². The van der Waals surface area contributed by atoms with Gasteiger partial charge in [-0.25, -0.2) is 4.79 Å². The Balaban J connectivity index is 0.00000845. The minimum absolute atomic E-state index is 0. The second kappa shape index (κ2) is 22.1. The van der Waals surface area contributed by atoms with E-state index in [0.717, 1.165) is 25.7 Å². The molecular weight excluding hydrogens is 806 g/mol. The zero-order valence-electron chi connectivity index (χ0n) is 40.1. The van der Waals surface area contributed by atoms with Gasteiger partial charge in [0.15, 0.2) is 11.6 Å². The van der Waals surface area contributed by atoms with Crippen molar-refractivity contribution >= 4 is 17.8 Å². The second-order valence-corrected chi connectivity index (χ2v) is 19.9. The number of hydrogen-bond acceptors (Lipinski definition) is 12. The number of aliphatic hydroxyl groups excluding tert-OH is 1. The Bertz CT molecular complexity index is 1530. The van der Waals surface area contributed by atoms with Gasteiger partial charge < -0.3 is 53.9 Å².